The second kappa shape index (κ2) is 11.5. The van der Waals surface area contributed by atoms with Crippen molar-refractivity contribution in [3.63, 3.8) is 0 Å². The molecule has 1 atom stereocenters. The van der Waals surface area contributed by atoms with Gasteiger partial charge >= 0.3 is 0 Å². The van der Waals surface area contributed by atoms with E-state index in [1.54, 1.807) is 30.0 Å². The summed E-state index contributed by atoms with van der Waals surface area (Å²) in [5.41, 5.74) is 1.49. The molecule has 1 aliphatic heterocycles. The minimum atomic E-state index is -0.231. The van der Waals surface area contributed by atoms with Crippen molar-refractivity contribution in [1.29, 1.82) is 0 Å². The summed E-state index contributed by atoms with van der Waals surface area (Å²) in [6.07, 6.45) is 6.52. The van der Waals surface area contributed by atoms with Crippen LogP contribution in [0.2, 0.25) is 10.0 Å². The monoisotopic (exact) mass is 517 g/mol. The normalized spacial score (nSPS) is 16.1. The Balaban J connectivity index is 1.40. The first-order valence-electron chi connectivity index (χ1n) is 11.7. The molecule has 0 aliphatic carbocycles. The second-order valence-corrected chi connectivity index (χ2v) is 10.4. The van der Waals surface area contributed by atoms with Crippen LogP contribution in [0.3, 0.4) is 0 Å². The number of fused-ring (bicyclic) bond motifs is 1. The molecular formula is C26H29Cl2N3O2S. The van der Waals surface area contributed by atoms with Crippen molar-refractivity contribution in [2.24, 2.45) is 0 Å². The Kier molecular flexibility index (Phi) is 8.46. The van der Waals surface area contributed by atoms with E-state index in [1.807, 2.05) is 12.1 Å². The van der Waals surface area contributed by atoms with E-state index in [0.29, 0.717) is 40.5 Å². The summed E-state index contributed by atoms with van der Waals surface area (Å²) in [5.74, 6) is 0.432. The Hall–Kier alpha value is -2.15. The predicted octanol–water partition coefficient (Wildman–Crippen LogP) is 6.26. The zero-order chi connectivity index (χ0) is 24.1. The standard InChI is InChI=1S/C26H29Cl2N3O2S/c1-2-19-7-5-6-13-31(19)25(32)17-34-24-16-30(23-9-4-3-8-21(23)24)14-12-29-26(33)20-11-10-18(27)15-22(20)28/h3-4,8-11,15-16,19H,2,5-7,12-14,17H2,1H3,(H,29,33). The number of amides is 2. The van der Waals surface area contributed by atoms with E-state index in [4.69, 9.17) is 23.2 Å². The molecule has 0 bridgehead atoms. The molecular weight excluding hydrogens is 489 g/mol. The average Bonchev–Trinajstić information content (AvgIpc) is 3.20. The number of benzene rings is 2. The third-order valence-electron chi connectivity index (χ3n) is 6.34. The van der Waals surface area contributed by atoms with Crippen LogP contribution in [0, 0.1) is 0 Å². The highest BCUT2D eigenvalue weighted by Crippen LogP contribution is 2.31. The minimum absolute atomic E-state index is 0.223. The summed E-state index contributed by atoms with van der Waals surface area (Å²) >= 11 is 13.7. The molecule has 0 saturated carbocycles. The quantitative estimate of drug-likeness (QED) is 0.358. The number of carbonyl (C=O) groups excluding carboxylic acids is 2. The van der Waals surface area contributed by atoms with Crippen molar-refractivity contribution in [1.82, 2.24) is 14.8 Å². The van der Waals surface area contributed by atoms with Crippen molar-refractivity contribution < 1.29 is 9.59 Å². The number of hydrogen-bond acceptors (Lipinski definition) is 3. The number of rotatable bonds is 8. The van der Waals surface area contributed by atoms with E-state index >= 15 is 0 Å². The van der Waals surface area contributed by atoms with Crippen molar-refractivity contribution in [3.05, 3.63) is 64.3 Å². The fourth-order valence-electron chi connectivity index (χ4n) is 4.55. The summed E-state index contributed by atoms with van der Waals surface area (Å²) in [4.78, 5) is 28.6. The number of carbonyl (C=O) groups is 2. The third-order valence-corrected chi connectivity index (χ3v) is 7.91. The largest absolute Gasteiger partial charge is 0.350 e. The van der Waals surface area contributed by atoms with Crippen LogP contribution < -0.4 is 5.32 Å². The van der Waals surface area contributed by atoms with E-state index in [-0.39, 0.29) is 11.8 Å². The first-order chi connectivity index (χ1) is 16.5. The van der Waals surface area contributed by atoms with Gasteiger partial charge in [-0.15, -0.1) is 11.8 Å². The van der Waals surface area contributed by atoms with Gasteiger partial charge in [0.1, 0.15) is 0 Å². The zero-order valence-electron chi connectivity index (χ0n) is 19.2. The van der Waals surface area contributed by atoms with Crippen molar-refractivity contribution >= 4 is 57.7 Å². The number of piperidine rings is 1. The lowest BCUT2D eigenvalue weighted by atomic mass is 10.0. The number of hydrogen-bond donors (Lipinski definition) is 1. The maximum atomic E-state index is 12.9. The van der Waals surface area contributed by atoms with Crippen LogP contribution in [0.1, 0.15) is 43.0 Å². The van der Waals surface area contributed by atoms with Crippen LogP contribution in [0.15, 0.2) is 53.6 Å². The van der Waals surface area contributed by atoms with Gasteiger partial charge in [-0.2, -0.15) is 0 Å². The van der Waals surface area contributed by atoms with Gasteiger partial charge in [0.25, 0.3) is 5.91 Å². The van der Waals surface area contributed by atoms with Crippen molar-refractivity contribution in [2.45, 2.75) is 50.1 Å². The first kappa shape index (κ1) is 25.0. The van der Waals surface area contributed by atoms with Gasteiger partial charge in [-0.05, 0) is 49.9 Å². The first-order valence-corrected chi connectivity index (χ1v) is 13.5. The molecule has 1 N–H and O–H groups in total. The lowest BCUT2D eigenvalue weighted by molar-refractivity contribution is -0.132. The molecule has 1 aromatic heterocycles. The maximum Gasteiger partial charge on any atom is 0.252 e. The van der Waals surface area contributed by atoms with Crippen LogP contribution in [0.25, 0.3) is 10.9 Å². The number of para-hydroxylation sites is 1. The highest BCUT2D eigenvalue weighted by Gasteiger charge is 2.25. The fraction of sp³-hybridized carbons (Fsp3) is 0.385. The summed E-state index contributed by atoms with van der Waals surface area (Å²) in [6, 6.07) is 13.4. The molecule has 1 fully saturated rings. The van der Waals surface area contributed by atoms with Gasteiger partial charge in [-0.3, -0.25) is 9.59 Å². The molecule has 2 aromatic carbocycles. The predicted molar refractivity (Wildman–Crippen MR) is 141 cm³/mol. The van der Waals surface area contributed by atoms with E-state index in [9.17, 15) is 9.59 Å². The lowest BCUT2D eigenvalue weighted by Gasteiger charge is -2.35. The Morgan fingerprint density at radius 3 is 2.76 bits per heavy atom. The van der Waals surface area contributed by atoms with Gasteiger partial charge in [-0.1, -0.05) is 48.3 Å². The molecule has 34 heavy (non-hydrogen) atoms. The van der Waals surface area contributed by atoms with Gasteiger partial charge in [0.2, 0.25) is 5.91 Å². The van der Waals surface area contributed by atoms with Gasteiger partial charge in [-0.25, -0.2) is 0 Å². The Bertz CT molecular complexity index is 1180. The Morgan fingerprint density at radius 1 is 1.15 bits per heavy atom. The van der Waals surface area contributed by atoms with E-state index in [1.165, 1.54) is 6.42 Å². The zero-order valence-corrected chi connectivity index (χ0v) is 21.6. The number of halogens is 2. The summed E-state index contributed by atoms with van der Waals surface area (Å²) in [7, 11) is 0. The minimum Gasteiger partial charge on any atom is -0.350 e. The molecule has 4 rings (SSSR count). The van der Waals surface area contributed by atoms with E-state index in [2.05, 4.69) is 40.0 Å². The summed E-state index contributed by atoms with van der Waals surface area (Å²) in [6.45, 7) is 4.09. The fourth-order valence-corrected chi connectivity index (χ4v) is 6.02. The number of aromatic nitrogens is 1. The number of nitrogens with zero attached hydrogens (tertiary/aromatic N) is 2. The lowest BCUT2D eigenvalue weighted by Crippen LogP contribution is -2.44. The van der Waals surface area contributed by atoms with Crippen LogP contribution >= 0.6 is 35.0 Å². The summed E-state index contributed by atoms with van der Waals surface area (Å²) in [5, 5.41) is 4.88. The molecule has 1 unspecified atom stereocenters. The molecule has 0 spiro atoms. The molecule has 0 radical (unpaired) electrons. The number of likely N-dealkylation sites (tertiary alicyclic amines) is 1. The number of nitrogens with one attached hydrogen (secondary N) is 1. The maximum absolute atomic E-state index is 12.9. The topological polar surface area (TPSA) is 54.3 Å². The molecule has 180 valence electrons. The summed E-state index contributed by atoms with van der Waals surface area (Å²) < 4.78 is 2.13. The van der Waals surface area contributed by atoms with Crippen LogP contribution in [-0.2, 0) is 11.3 Å². The highest BCUT2D eigenvalue weighted by molar-refractivity contribution is 8.00. The van der Waals surface area contributed by atoms with Gasteiger partial charge < -0.3 is 14.8 Å². The van der Waals surface area contributed by atoms with Gasteiger partial charge in [0.05, 0.1) is 16.3 Å². The van der Waals surface area contributed by atoms with E-state index < -0.39 is 0 Å². The van der Waals surface area contributed by atoms with Gasteiger partial charge in [0, 0.05) is 52.7 Å². The van der Waals surface area contributed by atoms with Crippen molar-refractivity contribution in [3.8, 4) is 0 Å². The molecule has 1 aliphatic rings. The van der Waals surface area contributed by atoms with Gasteiger partial charge in [0.15, 0.2) is 0 Å². The highest BCUT2D eigenvalue weighted by atomic mass is 35.5. The molecule has 2 heterocycles. The SMILES string of the molecule is CCC1CCCCN1C(=O)CSc1cn(CCNC(=O)c2ccc(Cl)cc2Cl)c2ccccc12. The van der Waals surface area contributed by atoms with E-state index in [0.717, 1.165) is 41.6 Å². The smallest absolute Gasteiger partial charge is 0.252 e. The van der Waals surface area contributed by atoms with Crippen LogP contribution in [-0.4, -0.2) is 46.2 Å². The second-order valence-electron chi connectivity index (χ2n) is 8.52. The number of thioether (sulfide) groups is 1. The van der Waals surface area contributed by atoms with Crippen LogP contribution in [0.4, 0.5) is 0 Å². The molecule has 3 aromatic rings. The average molecular weight is 519 g/mol. The molecule has 8 heteroatoms. The van der Waals surface area contributed by atoms with Crippen molar-refractivity contribution in [2.75, 3.05) is 18.8 Å². The molecule has 5 nitrogen and oxygen atoms in total. The Morgan fingerprint density at radius 2 is 1.97 bits per heavy atom. The molecule has 1 saturated heterocycles. The Labute approximate surface area is 214 Å². The molecule has 2 amide bonds. The van der Waals surface area contributed by atoms with Crippen LogP contribution in [0.5, 0.6) is 0 Å². The third kappa shape index (κ3) is 5.73.